The van der Waals surface area contributed by atoms with Gasteiger partial charge in [0.05, 0.1) is 12.6 Å². The number of carbonyl (C=O) groups excluding carboxylic acids is 1. The highest BCUT2D eigenvalue weighted by Crippen LogP contribution is 2.21. The highest BCUT2D eigenvalue weighted by Gasteiger charge is 2.19. The number of aliphatic hydroxyl groups is 1. The summed E-state index contributed by atoms with van der Waals surface area (Å²) in [4.78, 5) is 16.6. The van der Waals surface area contributed by atoms with Gasteiger partial charge in [0.1, 0.15) is 0 Å². The number of likely N-dealkylation sites (tertiary alicyclic amines) is 1. The maximum absolute atomic E-state index is 12.2. The lowest BCUT2D eigenvalue weighted by Gasteiger charge is -2.29. The van der Waals surface area contributed by atoms with E-state index in [2.05, 4.69) is 22.3 Å². The van der Waals surface area contributed by atoms with Gasteiger partial charge in [0, 0.05) is 31.0 Å². The van der Waals surface area contributed by atoms with E-state index in [9.17, 15) is 9.90 Å². The second kappa shape index (κ2) is 8.49. The Kier molecular flexibility index (Phi) is 6.10. The first-order chi connectivity index (χ1) is 11.7. The molecule has 0 radical (unpaired) electrons. The average Bonchev–Trinajstić information content (AvgIpc) is 2.85. The Morgan fingerprint density at radius 1 is 1.04 bits per heavy atom. The molecule has 0 bridgehead atoms. The van der Waals surface area contributed by atoms with Crippen LogP contribution in [0.2, 0.25) is 0 Å². The van der Waals surface area contributed by atoms with Crippen LogP contribution < -0.4 is 10.2 Å². The van der Waals surface area contributed by atoms with E-state index in [0.29, 0.717) is 13.1 Å². The fourth-order valence-electron chi connectivity index (χ4n) is 3.66. The maximum Gasteiger partial charge on any atom is 0.238 e. The fraction of sp³-hybridized carbons (Fsp3) is 0.632. The van der Waals surface area contributed by atoms with Crippen LogP contribution in [0, 0.1) is 0 Å². The molecule has 2 aliphatic rings. The van der Waals surface area contributed by atoms with Crippen molar-refractivity contribution < 1.29 is 9.90 Å². The lowest BCUT2D eigenvalue weighted by molar-refractivity contribution is -0.118. The molecule has 0 saturated carbocycles. The summed E-state index contributed by atoms with van der Waals surface area (Å²) < 4.78 is 0. The van der Waals surface area contributed by atoms with Crippen LogP contribution in [0.4, 0.5) is 11.4 Å². The molecular weight excluding hydrogens is 302 g/mol. The van der Waals surface area contributed by atoms with E-state index < -0.39 is 0 Å². The van der Waals surface area contributed by atoms with Gasteiger partial charge in [-0.2, -0.15) is 0 Å². The molecule has 0 aliphatic carbocycles. The van der Waals surface area contributed by atoms with E-state index in [0.717, 1.165) is 38.2 Å². The normalized spacial score (nSPS) is 22.9. The molecule has 2 heterocycles. The molecule has 24 heavy (non-hydrogen) atoms. The molecule has 0 aromatic heterocycles. The summed E-state index contributed by atoms with van der Waals surface area (Å²) in [5, 5.41) is 12.6. The molecule has 1 amide bonds. The molecule has 2 aliphatic heterocycles. The first-order valence-corrected chi connectivity index (χ1v) is 9.26. The van der Waals surface area contributed by atoms with Crippen LogP contribution in [0.15, 0.2) is 24.3 Å². The number of benzene rings is 1. The highest BCUT2D eigenvalue weighted by molar-refractivity contribution is 5.92. The van der Waals surface area contributed by atoms with E-state index in [4.69, 9.17) is 0 Å². The number of amides is 1. The van der Waals surface area contributed by atoms with Gasteiger partial charge in [-0.15, -0.1) is 0 Å². The number of hydrogen-bond donors (Lipinski definition) is 2. The van der Waals surface area contributed by atoms with Gasteiger partial charge in [-0.05, 0) is 56.5 Å². The van der Waals surface area contributed by atoms with E-state index >= 15 is 0 Å². The third-order valence-corrected chi connectivity index (χ3v) is 4.97. The number of nitrogens with one attached hydrogen (secondary N) is 1. The molecule has 2 N–H and O–H groups in total. The second-order valence-electron chi connectivity index (χ2n) is 7.03. The van der Waals surface area contributed by atoms with Crippen molar-refractivity contribution in [3.8, 4) is 0 Å². The van der Waals surface area contributed by atoms with Crippen molar-refractivity contribution in [1.29, 1.82) is 0 Å². The van der Waals surface area contributed by atoms with E-state index in [-0.39, 0.29) is 12.0 Å². The molecule has 132 valence electrons. The molecule has 1 atom stereocenters. The summed E-state index contributed by atoms with van der Waals surface area (Å²) >= 11 is 0. The zero-order chi connectivity index (χ0) is 16.8. The number of carbonyl (C=O) groups is 1. The van der Waals surface area contributed by atoms with Crippen LogP contribution in [0.25, 0.3) is 0 Å². The number of anilines is 2. The minimum absolute atomic E-state index is 0.00776. The van der Waals surface area contributed by atoms with Gasteiger partial charge < -0.3 is 15.3 Å². The molecule has 1 unspecified atom stereocenters. The lowest BCUT2D eigenvalue weighted by Crippen LogP contribution is -2.42. The number of piperidine rings is 1. The quantitative estimate of drug-likeness (QED) is 0.890. The van der Waals surface area contributed by atoms with Gasteiger partial charge in [-0.25, -0.2) is 0 Å². The standard InChI is InChI=1S/C19H29N3O2/c23-18-6-5-11-21(14-18)15-19(24)20-16-7-9-17(10-8-16)22-12-3-1-2-4-13-22/h7-10,18,23H,1-6,11-15H2,(H,20,24). The Bertz CT molecular complexity index is 524. The average molecular weight is 331 g/mol. The van der Waals surface area contributed by atoms with Crippen molar-refractivity contribution in [2.75, 3.05) is 42.9 Å². The number of rotatable bonds is 4. The van der Waals surface area contributed by atoms with Crippen LogP contribution in [0.3, 0.4) is 0 Å². The predicted octanol–water partition coefficient (Wildman–Crippen LogP) is 2.46. The monoisotopic (exact) mass is 331 g/mol. The number of β-amino-alcohol motifs (C(OH)–C–C–N with tert-alkyl or cyclic N) is 1. The van der Waals surface area contributed by atoms with Crippen molar-refractivity contribution in [2.24, 2.45) is 0 Å². The Morgan fingerprint density at radius 3 is 2.42 bits per heavy atom. The van der Waals surface area contributed by atoms with Crippen molar-refractivity contribution in [3.05, 3.63) is 24.3 Å². The van der Waals surface area contributed by atoms with Gasteiger partial charge in [0.25, 0.3) is 0 Å². The van der Waals surface area contributed by atoms with E-state index in [1.165, 1.54) is 31.4 Å². The molecule has 1 aromatic carbocycles. The lowest BCUT2D eigenvalue weighted by atomic mass is 10.1. The van der Waals surface area contributed by atoms with Crippen LogP contribution >= 0.6 is 0 Å². The maximum atomic E-state index is 12.2. The minimum atomic E-state index is -0.292. The van der Waals surface area contributed by atoms with Crippen molar-refractivity contribution in [3.63, 3.8) is 0 Å². The summed E-state index contributed by atoms with van der Waals surface area (Å²) in [6.07, 6.45) is 6.70. The first kappa shape index (κ1) is 17.2. The van der Waals surface area contributed by atoms with Crippen molar-refractivity contribution in [1.82, 2.24) is 4.90 Å². The van der Waals surface area contributed by atoms with Crippen molar-refractivity contribution in [2.45, 2.75) is 44.6 Å². The molecule has 2 saturated heterocycles. The van der Waals surface area contributed by atoms with Crippen LogP contribution in [-0.2, 0) is 4.79 Å². The van der Waals surface area contributed by atoms with Gasteiger partial charge in [0.2, 0.25) is 5.91 Å². The molecule has 3 rings (SSSR count). The number of nitrogens with zero attached hydrogens (tertiary/aromatic N) is 2. The molecule has 5 heteroatoms. The summed E-state index contributed by atoms with van der Waals surface area (Å²) in [7, 11) is 0. The van der Waals surface area contributed by atoms with E-state index in [1.807, 2.05) is 17.0 Å². The summed E-state index contributed by atoms with van der Waals surface area (Å²) in [6, 6.07) is 8.18. The Balaban J connectivity index is 1.50. The zero-order valence-electron chi connectivity index (χ0n) is 14.4. The highest BCUT2D eigenvalue weighted by atomic mass is 16.3. The van der Waals surface area contributed by atoms with Gasteiger partial charge >= 0.3 is 0 Å². The second-order valence-corrected chi connectivity index (χ2v) is 7.03. The van der Waals surface area contributed by atoms with Gasteiger partial charge in [0.15, 0.2) is 0 Å². The number of aliphatic hydroxyl groups excluding tert-OH is 1. The minimum Gasteiger partial charge on any atom is -0.392 e. The van der Waals surface area contributed by atoms with Crippen LogP contribution in [0.5, 0.6) is 0 Å². The largest absolute Gasteiger partial charge is 0.392 e. The summed E-state index contributed by atoms with van der Waals surface area (Å²) in [5.74, 6) is -0.00776. The third-order valence-electron chi connectivity index (χ3n) is 4.97. The fourth-order valence-corrected chi connectivity index (χ4v) is 3.66. The van der Waals surface area contributed by atoms with Crippen LogP contribution in [0.1, 0.15) is 38.5 Å². The SMILES string of the molecule is O=C(CN1CCCC(O)C1)Nc1ccc(N2CCCCCC2)cc1. The Morgan fingerprint density at radius 2 is 1.75 bits per heavy atom. The summed E-state index contributed by atoms with van der Waals surface area (Å²) in [6.45, 7) is 4.09. The Hall–Kier alpha value is -1.59. The van der Waals surface area contributed by atoms with Crippen LogP contribution in [-0.4, -0.2) is 54.7 Å². The van der Waals surface area contributed by atoms with E-state index in [1.54, 1.807) is 0 Å². The van der Waals surface area contributed by atoms with Crippen molar-refractivity contribution >= 4 is 17.3 Å². The zero-order valence-corrected chi connectivity index (χ0v) is 14.4. The molecule has 1 aromatic rings. The third kappa shape index (κ3) is 4.95. The molecule has 2 fully saturated rings. The number of hydrogen-bond acceptors (Lipinski definition) is 4. The first-order valence-electron chi connectivity index (χ1n) is 9.26. The molecule has 5 nitrogen and oxygen atoms in total. The molecule has 0 spiro atoms. The topological polar surface area (TPSA) is 55.8 Å². The smallest absolute Gasteiger partial charge is 0.238 e. The van der Waals surface area contributed by atoms with Gasteiger partial charge in [-0.1, -0.05) is 12.8 Å². The summed E-state index contributed by atoms with van der Waals surface area (Å²) in [5.41, 5.74) is 2.09. The molecular formula is C19H29N3O2. The Labute approximate surface area is 144 Å². The predicted molar refractivity (Wildman–Crippen MR) is 97.4 cm³/mol. The van der Waals surface area contributed by atoms with Gasteiger partial charge in [-0.3, -0.25) is 9.69 Å².